The van der Waals surface area contributed by atoms with Crippen LogP contribution in [0.4, 0.5) is 0 Å². The van der Waals surface area contributed by atoms with Gasteiger partial charge in [0.2, 0.25) is 5.91 Å². The summed E-state index contributed by atoms with van der Waals surface area (Å²) < 4.78 is 0. The molecule has 2 aliphatic heterocycles. The van der Waals surface area contributed by atoms with E-state index in [1.54, 1.807) is 0 Å². The molecule has 110 valence electrons. The maximum absolute atomic E-state index is 12.4. The number of nitrogens with one attached hydrogen (secondary N) is 1. The molecule has 0 aromatic rings. The van der Waals surface area contributed by atoms with Crippen LogP contribution in [-0.4, -0.2) is 60.5 Å². The third-order valence-electron chi connectivity index (χ3n) is 4.44. The zero-order chi connectivity index (χ0) is 13.7. The van der Waals surface area contributed by atoms with Gasteiger partial charge in [0.1, 0.15) is 0 Å². The van der Waals surface area contributed by atoms with Gasteiger partial charge in [-0.15, -0.1) is 0 Å². The number of piperazine rings is 1. The van der Waals surface area contributed by atoms with Crippen LogP contribution in [0.25, 0.3) is 0 Å². The Hall–Kier alpha value is -0.610. The monoisotopic (exact) mass is 267 g/mol. The molecule has 4 heteroatoms. The van der Waals surface area contributed by atoms with Gasteiger partial charge in [0.05, 0.1) is 6.54 Å². The quantitative estimate of drug-likeness (QED) is 0.823. The average Bonchev–Trinajstić information content (AvgIpc) is 2.33. The molecule has 0 bridgehead atoms. The molecule has 2 aliphatic rings. The molecule has 0 spiro atoms. The molecule has 19 heavy (non-hydrogen) atoms. The predicted molar refractivity (Wildman–Crippen MR) is 78.2 cm³/mol. The minimum absolute atomic E-state index is 0.336. The summed E-state index contributed by atoms with van der Waals surface area (Å²) in [6.07, 6.45) is 6.27. The largest absolute Gasteiger partial charge is 0.342 e. The fourth-order valence-electron chi connectivity index (χ4n) is 3.09. The SMILES string of the molecule is CC1CN(CC(=O)N2CCCCCCC2)C(C)CN1. The number of nitrogens with zero attached hydrogens (tertiary/aromatic N) is 2. The highest BCUT2D eigenvalue weighted by Crippen LogP contribution is 2.12. The van der Waals surface area contributed by atoms with E-state index in [4.69, 9.17) is 0 Å². The van der Waals surface area contributed by atoms with Crippen LogP contribution in [0.1, 0.15) is 46.0 Å². The number of carbonyl (C=O) groups is 1. The van der Waals surface area contributed by atoms with Gasteiger partial charge in [-0.05, 0) is 26.7 Å². The molecule has 2 fully saturated rings. The van der Waals surface area contributed by atoms with E-state index in [0.717, 1.165) is 26.2 Å². The van der Waals surface area contributed by atoms with E-state index in [0.29, 0.717) is 24.5 Å². The van der Waals surface area contributed by atoms with Gasteiger partial charge in [-0.2, -0.15) is 0 Å². The van der Waals surface area contributed by atoms with E-state index in [9.17, 15) is 4.79 Å². The molecule has 4 nitrogen and oxygen atoms in total. The average molecular weight is 267 g/mol. The third-order valence-corrected chi connectivity index (χ3v) is 4.44. The summed E-state index contributed by atoms with van der Waals surface area (Å²) in [5, 5.41) is 3.47. The predicted octanol–water partition coefficient (Wildman–Crippen LogP) is 1.46. The first-order valence-corrected chi connectivity index (χ1v) is 7.92. The van der Waals surface area contributed by atoms with Gasteiger partial charge < -0.3 is 10.2 Å². The zero-order valence-corrected chi connectivity index (χ0v) is 12.5. The summed E-state index contributed by atoms with van der Waals surface area (Å²) >= 11 is 0. The first-order valence-electron chi connectivity index (χ1n) is 7.92. The Morgan fingerprint density at radius 1 is 1.11 bits per heavy atom. The van der Waals surface area contributed by atoms with Gasteiger partial charge in [-0.25, -0.2) is 0 Å². The van der Waals surface area contributed by atoms with Crippen molar-refractivity contribution in [3.8, 4) is 0 Å². The second-order valence-electron chi connectivity index (χ2n) is 6.24. The Bertz CT molecular complexity index is 287. The van der Waals surface area contributed by atoms with Crippen LogP contribution >= 0.6 is 0 Å². The molecule has 2 saturated heterocycles. The van der Waals surface area contributed by atoms with E-state index >= 15 is 0 Å². The first-order chi connectivity index (χ1) is 9.16. The highest BCUT2D eigenvalue weighted by Gasteiger charge is 2.26. The van der Waals surface area contributed by atoms with Crippen molar-refractivity contribution in [1.82, 2.24) is 15.1 Å². The first kappa shape index (κ1) is 14.8. The fourth-order valence-corrected chi connectivity index (χ4v) is 3.09. The van der Waals surface area contributed by atoms with E-state index in [1.807, 2.05) is 0 Å². The lowest BCUT2D eigenvalue weighted by atomic mass is 10.1. The molecule has 2 heterocycles. The Kier molecular flexibility index (Phi) is 5.64. The molecular formula is C15H29N3O. The van der Waals surface area contributed by atoms with Crippen molar-refractivity contribution < 1.29 is 4.79 Å². The van der Waals surface area contributed by atoms with Gasteiger partial charge >= 0.3 is 0 Å². The van der Waals surface area contributed by atoms with Crippen LogP contribution in [0.2, 0.25) is 0 Å². The lowest BCUT2D eigenvalue weighted by Gasteiger charge is -2.38. The number of rotatable bonds is 2. The normalized spacial score (nSPS) is 30.7. The fraction of sp³-hybridized carbons (Fsp3) is 0.933. The van der Waals surface area contributed by atoms with Crippen LogP contribution in [0.15, 0.2) is 0 Å². The highest BCUT2D eigenvalue weighted by atomic mass is 16.2. The summed E-state index contributed by atoms with van der Waals surface area (Å²) in [6, 6.07) is 0.964. The number of amides is 1. The summed E-state index contributed by atoms with van der Waals surface area (Å²) in [5.41, 5.74) is 0. The van der Waals surface area contributed by atoms with Crippen molar-refractivity contribution in [1.29, 1.82) is 0 Å². The van der Waals surface area contributed by atoms with Gasteiger partial charge in [-0.1, -0.05) is 19.3 Å². The maximum atomic E-state index is 12.4. The van der Waals surface area contributed by atoms with Crippen molar-refractivity contribution in [3.63, 3.8) is 0 Å². The number of likely N-dealkylation sites (tertiary alicyclic amines) is 1. The van der Waals surface area contributed by atoms with Gasteiger partial charge in [0.15, 0.2) is 0 Å². The van der Waals surface area contributed by atoms with Crippen LogP contribution in [-0.2, 0) is 4.79 Å². The molecule has 2 unspecified atom stereocenters. The standard InChI is InChI=1S/C15H29N3O/c1-13-11-18(14(2)10-16-13)12-15(19)17-8-6-4-3-5-7-9-17/h13-14,16H,3-12H2,1-2H3. The highest BCUT2D eigenvalue weighted by molar-refractivity contribution is 5.78. The van der Waals surface area contributed by atoms with Crippen LogP contribution < -0.4 is 5.32 Å². The molecule has 1 N–H and O–H groups in total. The van der Waals surface area contributed by atoms with Crippen molar-refractivity contribution in [3.05, 3.63) is 0 Å². The molecule has 0 saturated carbocycles. The summed E-state index contributed by atoms with van der Waals surface area (Å²) in [7, 11) is 0. The summed E-state index contributed by atoms with van der Waals surface area (Å²) in [4.78, 5) is 16.9. The van der Waals surface area contributed by atoms with Crippen molar-refractivity contribution in [2.45, 2.75) is 58.0 Å². The topological polar surface area (TPSA) is 35.6 Å². The molecule has 0 aromatic heterocycles. The lowest BCUT2D eigenvalue weighted by Crippen LogP contribution is -2.56. The van der Waals surface area contributed by atoms with Crippen molar-refractivity contribution in [2.75, 3.05) is 32.7 Å². The van der Waals surface area contributed by atoms with E-state index in [1.165, 1.54) is 32.1 Å². The van der Waals surface area contributed by atoms with E-state index < -0.39 is 0 Å². The third kappa shape index (κ3) is 4.46. The minimum atomic E-state index is 0.336. The number of hydrogen-bond acceptors (Lipinski definition) is 3. The second-order valence-corrected chi connectivity index (χ2v) is 6.24. The Labute approximate surface area is 117 Å². The number of carbonyl (C=O) groups excluding carboxylic acids is 1. The van der Waals surface area contributed by atoms with Gasteiger partial charge in [-0.3, -0.25) is 9.69 Å². The summed E-state index contributed by atoms with van der Waals surface area (Å²) in [5.74, 6) is 0.336. The van der Waals surface area contributed by atoms with Crippen molar-refractivity contribution in [2.24, 2.45) is 0 Å². The minimum Gasteiger partial charge on any atom is -0.342 e. The maximum Gasteiger partial charge on any atom is 0.236 e. The van der Waals surface area contributed by atoms with Gasteiger partial charge in [0, 0.05) is 38.3 Å². The molecule has 1 amide bonds. The zero-order valence-electron chi connectivity index (χ0n) is 12.5. The second kappa shape index (κ2) is 7.25. The van der Waals surface area contributed by atoms with E-state index in [-0.39, 0.29) is 0 Å². The molecule has 0 aliphatic carbocycles. The molecule has 0 radical (unpaired) electrons. The van der Waals surface area contributed by atoms with Crippen LogP contribution in [0, 0.1) is 0 Å². The summed E-state index contributed by atoms with van der Waals surface area (Å²) in [6.45, 7) is 8.92. The van der Waals surface area contributed by atoms with Crippen LogP contribution in [0.5, 0.6) is 0 Å². The molecular weight excluding hydrogens is 238 g/mol. The smallest absolute Gasteiger partial charge is 0.236 e. The Morgan fingerprint density at radius 2 is 1.74 bits per heavy atom. The molecule has 2 rings (SSSR count). The Balaban J connectivity index is 1.84. The van der Waals surface area contributed by atoms with Crippen LogP contribution in [0.3, 0.4) is 0 Å². The van der Waals surface area contributed by atoms with E-state index in [2.05, 4.69) is 29.0 Å². The Morgan fingerprint density at radius 3 is 2.42 bits per heavy atom. The number of hydrogen-bond donors (Lipinski definition) is 1. The van der Waals surface area contributed by atoms with Crippen molar-refractivity contribution >= 4 is 5.91 Å². The molecule has 0 aromatic carbocycles. The lowest BCUT2D eigenvalue weighted by molar-refractivity contribution is -0.133. The molecule has 2 atom stereocenters. The van der Waals surface area contributed by atoms with Gasteiger partial charge in [0.25, 0.3) is 0 Å².